The highest BCUT2D eigenvalue weighted by Gasteiger charge is 2.40. The van der Waals surface area contributed by atoms with E-state index in [0.717, 1.165) is 19.6 Å². The summed E-state index contributed by atoms with van der Waals surface area (Å²) < 4.78 is 0. The highest BCUT2D eigenvalue weighted by atomic mass is 16.2. The maximum atomic E-state index is 12.0. The highest BCUT2D eigenvalue weighted by molar-refractivity contribution is 5.83. The molecule has 4 heterocycles. The molecule has 3 heteroatoms. The molecule has 1 saturated heterocycles. The van der Waals surface area contributed by atoms with E-state index >= 15 is 0 Å². The number of nitrogens with zero attached hydrogens (tertiary/aromatic N) is 2. The minimum Gasteiger partial charge on any atom is -0.370 e. The molecule has 1 amide bonds. The fraction of sp³-hybridized carbons (Fsp3) is 0.438. The molecule has 0 unspecified atom stereocenters. The zero-order valence-corrected chi connectivity index (χ0v) is 11.2. The van der Waals surface area contributed by atoms with Crippen LogP contribution in [0.15, 0.2) is 30.0 Å². The van der Waals surface area contributed by atoms with Gasteiger partial charge in [0.15, 0.2) is 0 Å². The van der Waals surface area contributed by atoms with E-state index in [0.29, 0.717) is 5.92 Å². The maximum Gasteiger partial charge on any atom is 0.223 e. The van der Waals surface area contributed by atoms with Crippen molar-refractivity contribution in [2.45, 2.75) is 26.3 Å². The normalized spacial score (nSPS) is 21.5. The number of piperidine rings is 1. The fourth-order valence-corrected chi connectivity index (χ4v) is 3.81. The van der Waals surface area contributed by atoms with Crippen LogP contribution < -0.4 is 0 Å². The molecule has 0 spiro atoms. The Bertz CT molecular complexity index is 582. The predicted molar refractivity (Wildman–Crippen MR) is 73.9 cm³/mol. The molecular formula is C16H18N2O. The van der Waals surface area contributed by atoms with E-state index in [1.165, 1.54) is 35.4 Å². The quantitative estimate of drug-likeness (QED) is 0.710. The highest BCUT2D eigenvalue weighted by Crippen LogP contribution is 2.45. The van der Waals surface area contributed by atoms with Crippen LogP contribution >= 0.6 is 0 Å². The molecule has 0 N–H and O–H groups in total. The zero-order valence-electron chi connectivity index (χ0n) is 11.2. The third kappa shape index (κ3) is 1.47. The zero-order chi connectivity index (χ0) is 13.0. The summed E-state index contributed by atoms with van der Waals surface area (Å²) in [7, 11) is 0. The van der Waals surface area contributed by atoms with Gasteiger partial charge in [-0.2, -0.15) is 0 Å². The Hall–Kier alpha value is -1.77. The summed E-state index contributed by atoms with van der Waals surface area (Å²) in [6.45, 7) is 4.72. The van der Waals surface area contributed by atoms with E-state index in [4.69, 9.17) is 0 Å². The summed E-state index contributed by atoms with van der Waals surface area (Å²) in [5.74, 6) is 0.757. The number of carbonyl (C=O) groups excluding carboxylic acids is 1. The smallest absolute Gasteiger partial charge is 0.223 e. The third-order valence-corrected chi connectivity index (χ3v) is 4.71. The number of carbonyl (C=O) groups is 1. The molecular weight excluding hydrogens is 236 g/mol. The van der Waals surface area contributed by atoms with Crippen LogP contribution in [0.2, 0.25) is 0 Å². The van der Waals surface area contributed by atoms with Gasteiger partial charge in [0.05, 0.1) is 12.2 Å². The summed E-state index contributed by atoms with van der Waals surface area (Å²) in [4.78, 5) is 16.5. The molecule has 0 radical (unpaired) electrons. The van der Waals surface area contributed by atoms with Gasteiger partial charge in [0.25, 0.3) is 0 Å². The van der Waals surface area contributed by atoms with Crippen molar-refractivity contribution in [3.8, 4) is 0 Å². The molecule has 1 fully saturated rings. The van der Waals surface area contributed by atoms with Gasteiger partial charge in [-0.1, -0.05) is 24.3 Å². The Balaban J connectivity index is 1.96. The number of hydrogen-bond donors (Lipinski definition) is 0. The van der Waals surface area contributed by atoms with E-state index in [1.807, 2.05) is 4.90 Å². The van der Waals surface area contributed by atoms with Crippen LogP contribution in [0, 0.1) is 5.92 Å². The SMILES string of the molecule is CC(=O)N1Cc2ccccc2C2=C1C1CCN2CC1. The van der Waals surface area contributed by atoms with Gasteiger partial charge in [-0.3, -0.25) is 4.79 Å². The van der Waals surface area contributed by atoms with E-state index in [-0.39, 0.29) is 5.91 Å². The summed E-state index contributed by atoms with van der Waals surface area (Å²) in [6, 6.07) is 8.54. The van der Waals surface area contributed by atoms with Gasteiger partial charge in [-0.25, -0.2) is 0 Å². The average molecular weight is 254 g/mol. The van der Waals surface area contributed by atoms with Gasteiger partial charge < -0.3 is 9.80 Å². The molecule has 3 nitrogen and oxygen atoms in total. The summed E-state index contributed by atoms with van der Waals surface area (Å²) in [6.07, 6.45) is 2.40. The van der Waals surface area contributed by atoms with E-state index in [9.17, 15) is 4.79 Å². The number of fused-ring (bicyclic) bond motifs is 3. The molecule has 4 aliphatic heterocycles. The molecule has 0 atom stereocenters. The van der Waals surface area contributed by atoms with Crippen molar-refractivity contribution in [3.63, 3.8) is 0 Å². The lowest BCUT2D eigenvalue weighted by atomic mass is 9.81. The predicted octanol–water partition coefficient (Wildman–Crippen LogP) is 2.44. The van der Waals surface area contributed by atoms with Gasteiger partial charge in [0, 0.05) is 37.2 Å². The Kier molecular flexibility index (Phi) is 2.25. The van der Waals surface area contributed by atoms with Crippen LogP contribution in [0.3, 0.4) is 0 Å². The van der Waals surface area contributed by atoms with E-state index in [1.54, 1.807) is 6.92 Å². The summed E-state index contributed by atoms with van der Waals surface area (Å²) in [5, 5.41) is 0. The molecule has 19 heavy (non-hydrogen) atoms. The van der Waals surface area contributed by atoms with Gasteiger partial charge in [-0.15, -0.1) is 0 Å². The monoisotopic (exact) mass is 254 g/mol. The lowest BCUT2D eigenvalue weighted by Gasteiger charge is -2.49. The Labute approximate surface area is 113 Å². The van der Waals surface area contributed by atoms with E-state index in [2.05, 4.69) is 29.2 Å². The molecule has 0 aliphatic carbocycles. The first-order valence-electron chi connectivity index (χ1n) is 7.11. The van der Waals surface area contributed by atoms with Crippen LogP contribution in [-0.4, -0.2) is 28.8 Å². The van der Waals surface area contributed by atoms with Crippen molar-refractivity contribution in [2.75, 3.05) is 13.1 Å². The second kappa shape index (κ2) is 3.86. The Morgan fingerprint density at radius 1 is 1.21 bits per heavy atom. The molecule has 0 aromatic heterocycles. The lowest BCUT2D eigenvalue weighted by Crippen LogP contribution is -2.47. The van der Waals surface area contributed by atoms with Crippen LogP contribution in [-0.2, 0) is 11.3 Å². The molecule has 0 saturated carbocycles. The van der Waals surface area contributed by atoms with Crippen LogP contribution in [0.4, 0.5) is 0 Å². The minimum atomic E-state index is 0.177. The lowest BCUT2D eigenvalue weighted by molar-refractivity contribution is -0.128. The van der Waals surface area contributed by atoms with Crippen molar-refractivity contribution >= 4 is 11.6 Å². The third-order valence-electron chi connectivity index (χ3n) is 4.71. The molecule has 2 bridgehead atoms. The number of rotatable bonds is 0. The topological polar surface area (TPSA) is 23.6 Å². The van der Waals surface area contributed by atoms with Crippen LogP contribution in [0.25, 0.3) is 5.70 Å². The van der Waals surface area contributed by atoms with Crippen molar-refractivity contribution in [1.82, 2.24) is 9.80 Å². The first-order chi connectivity index (χ1) is 9.25. The second-order valence-corrected chi connectivity index (χ2v) is 5.76. The molecule has 4 aliphatic rings. The number of amides is 1. The van der Waals surface area contributed by atoms with Crippen molar-refractivity contribution in [2.24, 2.45) is 5.92 Å². The van der Waals surface area contributed by atoms with Gasteiger partial charge in [0.2, 0.25) is 5.91 Å². The van der Waals surface area contributed by atoms with E-state index < -0.39 is 0 Å². The first-order valence-corrected chi connectivity index (χ1v) is 7.11. The molecule has 1 aromatic carbocycles. The van der Waals surface area contributed by atoms with Crippen molar-refractivity contribution in [3.05, 3.63) is 41.1 Å². The maximum absolute atomic E-state index is 12.0. The van der Waals surface area contributed by atoms with Crippen molar-refractivity contribution < 1.29 is 4.79 Å². The molecule has 1 aromatic rings. The minimum absolute atomic E-state index is 0.177. The number of hydrogen-bond acceptors (Lipinski definition) is 2. The largest absolute Gasteiger partial charge is 0.370 e. The molecule has 98 valence electrons. The summed E-state index contributed by atoms with van der Waals surface area (Å²) in [5.41, 5.74) is 5.26. The number of allylic oxidation sites excluding steroid dienone is 1. The first kappa shape index (κ1) is 11.1. The fourth-order valence-electron chi connectivity index (χ4n) is 3.81. The van der Waals surface area contributed by atoms with Gasteiger partial charge in [-0.05, 0) is 18.4 Å². The number of benzene rings is 1. The standard InChI is InChI=1S/C16H18N2O/c1-11(19)18-10-13-4-2-3-5-14(13)16-15(18)12-6-8-17(16)9-7-12/h2-5,12H,6-10H2,1H3. The van der Waals surface area contributed by atoms with Gasteiger partial charge >= 0.3 is 0 Å². The van der Waals surface area contributed by atoms with Crippen LogP contribution in [0.5, 0.6) is 0 Å². The Morgan fingerprint density at radius 3 is 2.68 bits per heavy atom. The average Bonchev–Trinajstić information content (AvgIpc) is 2.47. The van der Waals surface area contributed by atoms with Crippen LogP contribution in [0.1, 0.15) is 30.9 Å². The molecule has 5 rings (SSSR count). The summed E-state index contributed by atoms with van der Waals surface area (Å²) >= 11 is 0. The Morgan fingerprint density at radius 2 is 1.95 bits per heavy atom. The second-order valence-electron chi connectivity index (χ2n) is 5.76. The van der Waals surface area contributed by atoms with Gasteiger partial charge in [0.1, 0.15) is 0 Å². The van der Waals surface area contributed by atoms with Crippen molar-refractivity contribution in [1.29, 1.82) is 0 Å².